The summed E-state index contributed by atoms with van der Waals surface area (Å²) in [5.74, 6) is 0.971. The van der Waals surface area contributed by atoms with Gasteiger partial charge in [-0.2, -0.15) is 0 Å². The summed E-state index contributed by atoms with van der Waals surface area (Å²) >= 11 is 1.71. The lowest BCUT2D eigenvalue weighted by atomic mass is 10.3. The summed E-state index contributed by atoms with van der Waals surface area (Å²) in [6, 6.07) is 0. The van der Waals surface area contributed by atoms with E-state index in [2.05, 4.69) is 48.0 Å². The molecule has 0 radical (unpaired) electrons. The Morgan fingerprint density at radius 1 is 1.50 bits per heavy atom. The van der Waals surface area contributed by atoms with E-state index < -0.39 is 0 Å². The van der Waals surface area contributed by atoms with Crippen molar-refractivity contribution < 1.29 is 0 Å². The molecule has 1 N–H and O–H groups in total. The number of thiazole rings is 1. The van der Waals surface area contributed by atoms with E-state index in [1.165, 1.54) is 17.7 Å². The highest BCUT2D eigenvalue weighted by Gasteiger charge is 2.05. The molecule has 0 aliphatic rings. The van der Waals surface area contributed by atoms with Crippen molar-refractivity contribution in [3.8, 4) is 0 Å². The van der Waals surface area contributed by atoms with Gasteiger partial charge in [-0.3, -0.25) is 0 Å². The molecule has 18 heavy (non-hydrogen) atoms. The first-order valence-corrected chi connectivity index (χ1v) is 7.39. The van der Waals surface area contributed by atoms with Gasteiger partial charge in [0.1, 0.15) is 5.01 Å². The van der Waals surface area contributed by atoms with Crippen LogP contribution in [0.15, 0.2) is 11.2 Å². The second-order valence-electron chi connectivity index (χ2n) is 4.31. The molecule has 0 saturated carbocycles. The molecule has 0 spiro atoms. The van der Waals surface area contributed by atoms with Crippen molar-refractivity contribution in [2.75, 3.05) is 20.1 Å². The highest BCUT2D eigenvalue weighted by atomic mass is 32.1. The summed E-state index contributed by atoms with van der Waals surface area (Å²) in [6.07, 6.45) is 4.30. The molecule has 0 aliphatic carbocycles. The van der Waals surface area contributed by atoms with Gasteiger partial charge in [0.15, 0.2) is 5.96 Å². The molecule has 0 saturated heterocycles. The fourth-order valence-electron chi connectivity index (χ4n) is 1.59. The average molecular weight is 268 g/mol. The molecular formula is C13H24N4S. The monoisotopic (exact) mass is 268 g/mol. The van der Waals surface area contributed by atoms with Gasteiger partial charge >= 0.3 is 0 Å². The van der Waals surface area contributed by atoms with Crippen LogP contribution in [-0.2, 0) is 6.54 Å². The van der Waals surface area contributed by atoms with Crippen molar-refractivity contribution in [1.29, 1.82) is 0 Å². The van der Waals surface area contributed by atoms with Gasteiger partial charge in [-0.1, -0.05) is 13.3 Å². The lowest BCUT2D eigenvalue weighted by Crippen LogP contribution is -2.39. The third kappa shape index (κ3) is 5.04. The Balaban J connectivity index is 2.59. The third-order valence-electron chi connectivity index (χ3n) is 2.58. The van der Waals surface area contributed by atoms with Crippen LogP contribution in [0.2, 0.25) is 0 Å². The van der Waals surface area contributed by atoms with E-state index in [-0.39, 0.29) is 0 Å². The van der Waals surface area contributed by atoms with E-state index in [0.29, 0.717) is 6.54 Å². The Kier molecular flexibility index (Phi) is 6.72. The fraction of sp³-hybridized carbons (Fsp3) is 0.692. The van der Waals surface area contributed by atoms with Gasteiger partial charge in [0, 0.05) is 31.2 Å². The van der Waals surface area contributed by atoms with Crippen LogP contribution in [0, 0.1) is 6.92 Å². The van der Waals surface area contributed by atoms with Gasteiger partial charge in [-0.25, -0.2) is 9.98 Å². The molecule has 0 aromatic carbocycles. The number of aryl methyl sites for hydroxylation is 1. The Morgan fingerprint density at radius 2 is 2.28 bits per heavy atom. The summed E-state index contributed by atoms with van der Waals surface area (Å²) < 4.78 is 0. The minimum absolute atomic E-state index is 0.664. The number of aliphatic imine (C=N–C) groups is 1. The molecule has 1 heterocycles. The minimum atomic E-state index is 0.664. The Morgan fingerprint density at radius 3 is 2.83 bits per heavy atom. The highest BCUT2D eigenvalue weighted by Crippen LogP contribution is 2.12. The minimum Gasteiger partial charge on any atom is -0.357 e. The molecule has 1 aromatic heterocycles. The van der Waals surface area contributed by atoms with Gasteiger partial charge in [0.2, 0.25) is 0 Å². The van der Waals surface area contributed by atoms with E-state index in [1.807, 2.05) is 6.20 Å². The van der Waals surface area contributed by atoms with Gasteiger partial charge < -0.3 is 10.2 Å². The number of rotatable bonds is 6. The number of nitrogens with zero attached hydrogens (tertiary/aromatic N) is 3. The zero-order chi connectivity index (χ0) is 13.4. The number of nitrogens with one attached hydrogen (secondary N) is 1. The standard InChI is InChI=1S/C13H24N4S/c1-5-7-8-17(4)13(14-6-2)16-10-12-15-9-11(3)18-12/h9H,5-8,10H2,1-4H3,(H,14,16). The maximum atomic E-state index is 4.63. The maximum Gasteiger partial charge on any atom is 0.194 e. The third-order valence-corrected chi connectivity index (χ3v) is 3.47. The Hall–Kier alpha value is -1.10. The SMILES string of the molecule is CCCCN(C)C(=NCc1ncc(C)s1)NCC. The van der Waals surface area contributed by atoms with Crippen LogP contribution in [-0.4, -0.2) is 36.0 Å². The molecule has 0 bridgehead atoms. The van der Waals surface area contributed by atoms with E-state index in [1.54, 1.807) is 11.3 Å². The summed E-state index contributed by atoms with van der Waals surface area (Å²) in [5, 5.41) is 4.40. The first kappa shape index (κ1) is 15.0. The number of hydrogen-bond donors (Lipinski definition) is 1. The van der Waals surface area contributed by atoms with Crippen molar-refractivity contribution in [2.45, 2.75) is 40.2 Å². The maximum absolute atomic E-state index is 4.63. The molecule has 0 unspecified atom stereocenters. The summed E-state index contributed by atoms with van der Waals surface area (Å²) in [7, 11) is 2.09. The van der Waals surface area contributed by atoms with Crippen molar-refractivity contribution >= 4 is 17.3 Å². The summed E-state index contributed by atoms with van der Waals surface area (Å²) in [5.41, 5.74) is 0. The normalized spacial score (nSPS) is 11.7. The van der Waals surface area contributed by atoms with E-state index >= 15 is 0 Å². The van der Waals surface area contributed by atoms with E-state index in [4.69, 9.17) is 0 Å². The van der Waals surface area contributed by atoms with Crippen molar-refractivity contribution in [2.24, 2.45) is 4.99 Å². The number of guanidine groups is 1. The topological polar surface area (TPSA) is 40.5 Å². The molecule has 0 fully saturated rings. The first-order valence-electron chi connectivity index (χ1n) is 6.58. The molecule has 0 amide bonds. The lowest BCUT2D eigenvalue weighted by Gasteiger charge is -2.21. The van der Waals surface area contributed by atoms with Gasteiger partial charge in [0.05, 0.1) is 6.54 Å². The second kappa shape index (κ2) is 8.08. The van der Waals surface area contributed by atoms with Crippen LogP contribution in [0.1, 0.15) is 36.6 Å². The second-order valence-corrected chi connectivity index (χ2v) is 5.63. The molecule has 5 heteroatoms. The van der Waals surface area contributed by atoms with Crippen molar-refractivity contribution in [3.05, 3.63) is 16.1 Å². The highest BCUT2D eigenvalue weighted by molar-refractivity contribution is 7.11. The Labute approximate surface area is 114 Å². The molecular weight excluding hydrogens is 244 g/mol. The fourth-order valence-corrected chi connectivity index (χ4v) is 2.30. The van der Waals surface area contributed by atoms with Crippen molar-refractivity contribution in [3.63, 3.8) is 0 Å². The lowest BCUT2D eigenvalue weighted by molar-refractivity contribution is 0.465. The van der Waals surface area contributed by atoms with Crippen LogP contribution in [0.4, 0.5) is 0 Å². The molecule has 1 rings (SSSR count). The Bertz CT molecular complexity index is 373. The quantitative estimate of drug-likeness (QED) is 0.637. The van der Waals surface area contributed by atoms with Crippen LogP contribution >= 0.6 is 11.3 Å². The molecule has 4 nitrogen and oxygen atoms in total. The van der Waals surface area contributed by atoms with Crippen LogP contribution in [0.25, 0.3) is 0 Å². The molecule has 0 atom stereocenters. The number of hydrogen-bond acceptors (Lipinski definition) is 3. The zero-order valence-corrected chi connectivity index (χ0v) is 12.7. The van der Waals surface area contributed by atoms with Crippen LogP contribution in [0.5, 0.6) is 0 Å². The van der Waals surface area contributed by atoms with Crippen LogP contribution < -0.4 is 5.32 Å². The van der Waals surface area contributed by atoms with Crippen LogP contribution in [0.3, 0.4) is 0 Å². The average Bonchev–Trinajstić information content (AvgIpc) is 2.77. The van der Waals surface area contributed by atoms with Gasteiger partial charge in [-0.05, 0) is 20.3 Å². The van der Waals surface area contributed by atoms with Crippen molar-refractivity contribution in [1.82, 2.24) is 15.2 Å². The van der Waals surface area contributed by atoms with Gasteiger partial charge in [-0.15, -0.1) is 11.3 Å². The van der Waals surface area contributed by atoms with E-state index in [9.17, 15) is 0 Å². The van der Waals surface area contributed by atoms with Gasteiger partial charge in [0.25, 0.3) is 0 Å². The molecule has 1 aromatic rings. The van der Waals surface area contributed by atoms with E-state index in [0.717, 1.165) is 24.1 Å². The zero-order valence-electron chi connectivity index (χ0n) is 11.9. The smallest absolute Gasteiger partial charge is 0.194 e. The molecule has 0 aliphatic heterocycles. The summed E-state index contributed by atoms with van der Waals surface area (Å²) in [4.78, 5) is 12.4. The largest absolute Gasteiger partial charge is 0.357 e. The molecule has 102 valence electrons. The number of unbranched alkanes of at least 4 members (excludes halogenated alkanes) is 1. The summed E-state index contributed by atoms with van der Waals surface area (Å²) in [6.45, 7) is 8.97. The predicted octanol–water partition coefficient (Wildman–Crippen LogP) is 2.65. The number of aromatic nitrogens is 1. The predicted molar refractivity (Wildman–Crippen MR) is 79.2 cm³/mol. The first-order chi connectivity index (χ1) is 8.67.